The van der Waals surface area contributed by atoms with E-state index in [1.807, 2.05) is 6.21 Å². The van der Waals surface area contributed by atoms with Gasteiger partial charge in [-0.1, -0.05) is 64.0 Å². The highest BCUT2D eigenvalue weighted by Gasteiger charge is 2.19. The van der Waals surface area contributed by atoms with Gasteiger partial charge in [0.05, 0.1) is 6.61 Å². The molecule has 0 saturated heterocycles. The van der Waals surface area contributed by atoms with Gasteiger partial charge in [0.25, 0.3) is 0 Å². The van der Waals surface area contributed by atoms with Crippen LogP contribution in [0.25, 0.3) is 0 Å². The van der Waals surface area contributed by atoms with Crippen LogP contribution in [-0.2, 0) is 0 Å². The second kappa shape index (κ2) is 15.8. The summed E-state index contributed by atoms with van der Waals surface area (Å²) in [6.07, 6.45) is 24.3. The normalized spacial score (nSPS) is 18.2. The van der Waals surface area contributed by atoms with Crippen LogP contribution < -0.4 is 0 Å². The van der Waals surface area contributed by atoms with Gasteiger partial charge < -0.3 is 5.11 Å². The Morgan fingerprint density at radius 3 is 2.25 bits per heavy atom. The first-order valence-electron chi connectivity index (χ1n) is 10.4. The van der Waals surface area contributed by atoms with Gasteiger partial charge in [0.15, 0.2) is 0 Å². The molecule has 1 heterocycles. The highest BCUT2D eigenvalue weighted by Crippen LogP contribution is 2.15. The quantitative estimate of drug-likeness (QED) is 0.305. The molecule has 24 heavy (non-hydrogen) atoms. The Balaban J connectivity index is 1.83. The van der Waals surface area contributed by atoms with E-state index >= 15 is 0 Å². The maximum atomic E-state index is 9.04. The van der Waals surface area contributed by atoms with Crippen molar-refractivity contribution in [3.63, 3.8) is 0 Å². The summed E-state index contributed by atoms with van der Waals surface area (Å²) < 4.78 is 0. The molecule has 1 rings (SSSR count). The third-order valence-electron chi connectivity index (χ3n) is 4.88. The molecule has 0 aromatic heterocycles. The summed E-state index contributed by atoms with van der Waals surface area (Å²) in [7, 11) is 0. The van der Waals surface area contributed by atoms with Crippen LogP contribution in [0.5, 0.6) is 0 Å². The van der Waals surface area contributed by atoms with E-state index in [9.17, 15) is 0 Å². The smallest absolute Gasteiger partial charge is 0.102 e. The third kappa shape index (κ3) is 11.0. The van der Waals surface area contributed by atoms with Crippen molar-refractivity contribution in [1.82, 2.24) is 4.90 Å². The molecule has 0 bridgehead atoms. The van der Waals surface area contributed by atoms with Crippen LogP contribution in [0, 0.1) is 0 Å². The number of allylic oxidation sites excluding steroid dienone is 2. The van der Waals surface area contributed by atoms with E-state index in [0.29, 0.717) is 6.17 Å². The molecule has 0 fully saturated rings. The lowest BCUT2D eigenvalue weighted by Crippen LogP contribution is -2.32. The van der Waals surface area contributed by atoms with E-state index < -0.39 is 0 Å². The average molecular weight is 337 g/mol. The van der Waals surface area contributed by atoms with Crippen molar-refractivity contribution in [2.45, 2.75) is 96.6 Å². The molecular formula is C21H40N2O. The number of rotatable bonds is 16. The molecule has 1 aliphatic heterocycles. The number of nitrogens with zero attached hydrogens (tertiary/aromatic N) is 2. The molecule has 1 unspecified atom stereocenters. The zero-order valence-corrected chi connectivity index (χ0v) is 16.0. The second-order valence-corrected chi connectivity index (χ2v) is 7.05. The molecule has 0 aliphatic carbocycles. The fourth-order valence-corrected chi connectivity index (χ4v) is 3.34. The van der Waals surface area contributed by atoms with Gasteiger partial charge in [-0.25, -0.2) is 0 Å². The van der Waals surface area contributed by atoms with Crippen molar-refractivity contribution in [3.8, 4) is 0 Å². The summed E-state index contributed by atoms with van der Waals surface area (Å²) in [5, 5.41) is 9.04. The van der Waals surface area contributed by atoms with Crippen LogP contribution in [0.15, 0.2) is 17.1 Å². The summed E-state index contributed by atoms with van der Waals surface area (Å²) in [6, 6.07) is 0. The number of aliphatic hydroxyl groups excluding tert-OH is 1. The molecule has 3 heteroatoms. The third-order valence-corrected chi connectivity index (χ3v) is 4.88. The maximum Gasteiger partial charge on any atom is 0.102 e. The largest absolute Gasteiger partial charge is 0.395 e. The monoisotopic (exact) mass is 336 g/mol. The summed E-state index contributed by atoms with van der Waals surface area (Å²) in [4.78, 5) is 6.79. The molecule has 3 nitrogen and oxygen atoms in total. The van der Waals surface area contributed by atoms with E-state index in [1.54, 1.807) is 0 Å². The fraction of sp³-hybridized carbons (Fsp3) is 0.857. The lowest BCUT2D eigenvalue weighted by Gasteiger charge is -2.21. The zero-order chi connectivity index (χ0) is 17.3. The van der Waals surface area contributed by atoms with Crippen molar-refractivity contribution >= 4 is 6.21 Å². The maximum absolute atomic E-state index is 9.04. The van der Waals surface area contributed by atoms with Crippen molar-refractivity contribution in [1.29, 1.82) is 0 Å². The van der Waals surface area contributed by atoms with Crippen LogP contribution in [0.1, 0.15) is 90.4 Å². The Kier molecular flexibility index (Phi) is 14.1. The fourth-order valence-electron chi connectivity index (χ4n) is 3.34. The number of aliphatic imine (C=N–C) groups is 1. The minimum absolute atomic E-state index is 0.242. The first kappa shape index (κ1) is 21.4. The predicted octanol–water partition coefficient (Wildman–Crippen LogP) is 5.34. The molecular weight excluding hydrogens is 296 g/mol. The molecule has 0 amide bonds. The Morgan fingerprint density at radius 1 is 0.958 bits per heavy atom. The van der Waals surface area contributed by atoms with Crippen molar-refractivity contribution in [3.05, 3.63) is 12.2 Å². The van der Waals surface area contributed by atoms with Gasteiger partial charge in [0.2, 0.25) is 0 Å². The number of unbranched alkanes of at least 4 members (excludes halogenated alkanes) is 10. The molecule has 0 saturated carbocycles. The Bertz CT molecular complexity index is 328. The van der Waals surface area contributed by atoms with E-state index in [-0.39, 0.29) is 6.61 Å². The van der Waals surface area contributed by atoms with E-state index in [2.05, 4.69) is 29.0 Å². The number of hydrogen-bond acceptors (Lipinski definition) is 3. The molecule has 0 radical (unpaired) electrons. The lowest BCUT2D eigenvalue weighted by atomic mass is 10.1. The van der Waals surface area contributed by atoms with Crippen molar-refractivity contribution < 1.29 is 5.11 Å². The topological polar surface area (TPSA) is 35.8 Å². The summed E-state index contributed by atoms with van der Waals surface area (Å²) in [5.74, 6) is 0. The molecule has 0 spiro atoms. The SMILES string of the molecule is CCCCCCC/C=C/CCCCCCCC1N=CCN1CCO. The van der Waals surface area contributed by atoms with Gasteiger partial charge in [0.1, 0.15) is 6.17 Å². The minimum atomic E-state index is 0.242. The number of aliphatic hydroxyl groups is 1. The van der Waals surface area contributed by atoms with Crippen LogP contribution in [0.2, 0.25) is 0 Å². The van der Waals surface area contributed by atoms with Gasteiger partial charge in [0, 0.05) is 19.3 Å². The molecule has 1 N–H and O–H groups in total. The van der Waals surface area contributed by atoms with E-state index in [0.717, 1.165) is 19.5 Å². The van der Waals surface area contributed by atoms with Crippen molar-refractivity contribution in [2.24, 2.45) is 4.99 Å². The first-order chi connectivity index (χ1) is 11.9. The first-order valence-corrected chi connectivity index (χ1v) is 10.4. The molecule has 1 aliphatic rings. The van der Waals surface area contributed by atoms with E-state index in [1.165, 1.54) is 77.0 Å². The van der Waals surface area contributed by atoms with Crippen LogP contribution in [0.4, 0.5) is 0 Å². The van der Waals surface area contributed by atoms with Gasteiger partial charge in [-0.2, -0.15) is 0 Å². The number of β-amino-alcohol motifs (C(OH)–C–C–N with tert-alkyl or cyclic N) is 1. The molecule has 140 valence electrons. The molecule has 0 aromatic carbocycles. The standard InChI is InChI=1S/C21H40N2O/c1-2-3-4-5-6-7-8-9-10-11-12-13-14-15-16-21-22-17-18-23(21)19-20-24/h8-9,17,21,24H,2-7,10-16,18-20H2,1H3/b9-8+. The minimum Gasteiger partial charge on any atom is -0.395 e. The summed E-state index contributed by atoms with van der Waals surface area (Å²) in [6.45, 7) is 4.19. The Hall–Kier alpha value is -0.670. The van der Waals surface area contributed by atoms with Crippen molar-refractivity contribution in [2.75, 3.05) is 19.7 Å². The lowest BCUT2D eigenvalue weighted by molar-refractivity contribution is 0.176. The van der Waals surface area contributed by atoms with Crippen LogP contribution >= 0.6 is 0 Å². The Labute approximate surface area is 150 Å². The second-order valence-electron chi connectivity index (χ2n) is 7.05. The number of hydrogen-bond donors (Lipinski definition) is 1. The van der Waals surface area contributed by atoms with Gasteiger partial charge in [-0.05, 0) is 38.5 Å². The molecule has 1 atom stereocenters. The highest BCUT2D eigenvalue weighted by atomic mass is 16.3. The predicted molar refractivity (Wildman–Crippen MR) is 106 cm³/mol. The molecule has 0 aromatic rings. The summed E-state index contributed by atoms with van der Waals surface area (Å²) >= 11 is 0. The zero-order valence-electron chi connectivity index (χ0n) is 16.0. The van der Waals surface area contributed by atoms with Crippen LogP contribution in [0.3, 0.4) is 0 Å². The van der Waals surface area contributed by atoms with Gasteiger partial charge in [-0.15, -0.1) is 0 Å². The Morgan fingerprint density at radius 2 is 1.58 bits per heavy atom. The average Bonchev–Trinajstić information content (AvgIpc) is 3.03. The van der Waals surface area contributed by atoms with E-state index in [4.69, 9.17) is 5.11 Å². The summed E-state index contributed by atoms with van der Waals surface area (Å²) in [5.41, 5.74) is 0. The van der Waals surface area contributed by atoms with Gasteiger partial charge >= 0.3 is 0 Å². The van der Waals surface area contributed by atoms with Gasteiger partial charge in [-0.3, -0.25) is 9.89 Å². The highest BCUT2D eigenvalue weighted by molar-refractivity contribution is 5.62. The van der Waals surface area contributed by atoms with Crippen LogP contribution in [-0.4, -0.2) is 42.1 Å².